The number of hydrogen-bond acceptors (Lipinski definition) is 5. The van der Waals surface area contributed by atoms with E-state index in [1.807, 2.05) is 41.4 Å². The molecule has 2 heterocycles. The van der Waals surface area contributed by atoms with Crippen LogP contribution in [0.5, 0.6) is 5.75 Å². The molecule has 170 valence electrons. The van der Waals surface area contributed by atoms with Gasteiger partial charge in [-0.2, -0.15) is 5.10 Å². The number of thiocarbonyl (C=S) groups is 1. The molecule has 1 atom stereocenters. The van der Waals surface area contributed by atoms with Crippen molar-refractivity contribution < 1.29 is 4.74 Å². The molecule has 0 amide bonds. The van der Waals surface area contributed by atoms with Gasteiger partial charge in [0.1, 0.15) is 5.75 Å². The molecule has 0 spiro atoms. The lowest BCUT2D eigenvalue weighted by Gasteiger charge is -2.25. The molecular formula is C27H25N5OS. The summed E-state index contributed by atoms with van der Waals surface area (Å²) in [7, 11) is 1.67. The molecule has 7 heteroatoms. The minimum Gasteiger partial charge on any atom is -0.497 e. The number of nitrogens with one attached hydrogen (secondary N) is 1. The van der Waals surface area contributed by atoms with Crippen LogP contribution in [0, 0.1) is 0 Å². The highest BCUT2D eigenvalue weighted by Gasteiger charge is 2.31. The zero-order valence-electron chi connectivity index (χ0n) is 18.9. The van der Waals surface area contributed by atoms with Crippen LogP contribution in [0.4, 0.5) is 0 Å². The van der Waals surface area contributed by atoms with Crippen molar-refractivity contribution in [2.45, 2.75) is 18.9 Å². The van der Waals surface area contributed by atoms with E-state index < -0.39 is 0 Å². The quantitative estimate of drug-likeness (QED) is 0.407. The number of methoxy groups -OCH3 is 1. The van der Waals surface area contributed by atoms with E-state index in [2.05, 4.69) is 51.7 Å². The van der Waals surface area contributed by atoms with Gasteiger partial charge in [-0.25, -0.2) is 5.01 Å². The van der Waals surface area contributed by atoms with Crippen molar-refractivity contribution in [2.75, 3.05) is 13.7 Å². The molecular weight excluding hydrogens is 442 g/mol. The molecule has 5 rings (SSSR count). The monoisotopic (exact) mass is 467 g/mol. The van der Waals surface area contributed by atoms with Gasteiger partial charge >= 0.3 is 0 Å². The molecule has 0 unspecified atom stereocenters. The first-order valence-corrected chi connectivity index (χ1v) is 11.7. The molecule has 0 aliphatic carbocycles. The summed E-state index contributed by atoms with van der Waals surface area (Å²) in [5, 5.41) is 10.9. The number of hydrogen-bond donors (Lipinski definition) is 1. The van der Waals surface area contributed by atoms with Crippen LogP contribution in [0.15, 0.2) is 90.3 Å². The highest BCUT2D eigenvalue weighted by Crippen LogP contribution is 2.34. The minimum atomic E-state index is -0.0276. The highest BCUT2D eigenvalue weighted by molar-refractivity contribution is 7.80. The summed E-state index contributed by atoms with van der Waals surface area (Å²) in [6, 6.07) is 24.5. The average Bonchev–Trinajstić information content (AvgIpc) is 3.35. The topological polar surface area (TPSA) is 62.6 Å². The largest absolute Gasteiger partial charge is 0.497 e. The van der Waals surface area contributed by atoms with Crippen molar-refractivity contribution in [1.29, 1.82) is 0 Å². The molecule has 0 radical (unpaired) electrons. The zero-order chi connectivity index (χ0) is 23.3. The molecule has 0 saturated heterocycles. The van der Waals surface area contributed by atoms with Crippen LogP contribution in [-0.2, 0) is 6.42 Å². The van der Waals surface area contributed by atoms with E-state index in [0.717, 1.165) is 53.0 Å². The van der Waals surface area contributed by atoms with Crippen LogP contribution in [0.2, 0.25) is 0 Å². The number of fused-ring (bicyclic) bond motifs is 1. The Morgan fingerprint density at radius 2 is 1.76 bits per heavy atom. The van der Waals surface area contributed by atoms with Crippen molar-refractivity contribution in [1.82, 2.24) is 20.3 Å². The summed E-state index contributed by atoms with van der Waals surface area (Å²) in [4.78, 5) is 8.88. The lowest BCUT2D eigenvalue weighted by atomic mass is 9.98. The third-order valence-electron chi connectivity index (χ3n) is 5.95. The second kappa shape index (κ2) is 9.97. The molecule has 1 aromatic heterocycles. The van der Waals surface area contributed by atoms with Crippen LogP contribution in [0.3, 0.4) is 0 Å². The number of benzene rings is 3. The van der Waals surface area contributed by atoms with Crippen LogP contribution in [0.25, 0.3) is 11.0 Å². The Bertz CT molecular complexity index is 1320. The molecule has 1 aliphatic heterocycles. The molecule has 0 bridgehead atoms. The van der Waals surface area contributed by atoms with Crippen molar-refractivity contribution in [3.8, 4) is 5.75 Å². The third-order valence-corrected chi connectivity index (χ3v) is 6.28. The number of nitrogens with zero attached hydrogens (tertiary/aromatic N) is 4. The van der Waals surface area contributed by atoms with Gasteiger partial charge < -0.3 is 10.1 Å². The third kappa shape index (κ3) is 4.75. The Kier molecular flexibility index (Phi) is 6.44. The molecule has 3 aromatic carbocycles. The lowest BCUT2D eigenvalue weighted by molar-refractivity contribution is 0.364. The first-order valence-electron chi connectivity index (χ1n) is 11.2. The normalized spacial score (nSPS) is 15.3. The maximum absolute atomic E-state index is 5.80. The highest BCUT2D eigenvalue weighted by atomic mass is 32.1. The predicted molar refractivity (Wildman–Crippen MR) is 139 cm³/mol. The van der Waals surface area contributed by atoms with Gasteiger partial charge in [0.15, 0.2) is 5.11 Å². The molecule has 1 aliphatic rings. The number of ether oxygens (including phenoxy) is 1. The molecule has 1 N–H and O–H groups in total. The summed E-state index contributed by atoms with van der Waals surface area (Å²) in [6.07, 6.45) is 5.05. The second-order valence-corrected chi connectivity index (χ2v) is 8.50. The zero-order valence-corrected chi connectivity index (χ0v) is 19.7. The summed E-state index contributed by atoms with van der Waals surface area (Å²) >= 11 is 5.80. The van der Waals surface area contributed by atoms with E-state index in [0.29, 0.717) is 5.11 Å². The van der Waals surface area contributed by atoms with Gasteiger partial charge in [0, 0.05) is 25.4 Å². The van der Waals surface area contributed by atoms with E-state index in [9.17, 15) is 0 Å². The van der Waals surface area contributed by atoms with Gasteiger partial charge in [0.2, 0.25) is 0 Å². The SMILES string of the molecule is COc1ccc(C2=NN(C(=S)NCCc3ccccc3)[C@@H](c3ccc4nccnc4c3)C2)cc1. The summed E-state index contributed by atoms with van der Waals surface area (Å²) in [5.74, 6) is 0.821. The smallest absolute Gasteiger partial charge is 0.190 e. The van der Waals surface area contributed by atoms with Gasteiger partial charge in [0.25, 0.3) is 0 Å². The number of hydrazone groups is 1. The van der Waals surface area contributed by atoms with E-state index in [1.165, 1.54) is 5.56 Å². The fraction of sp³-hybridized carbons (Fsp3) is 0.185. The van der Waals surface area contributed by atoms with Crippen LogP contribution < -0.4 is 10.1 Å². The first-order chi connectivity index (χ1) is 16.7. The Labute approximate surface area is 204 Å². The fourth-order valence-electron chi connectivity index (χ4n) is 4.14. The Morgan fingerprint density at radius 1 is 1.00 bits per heavy atom. The lowest BCUT2D eigenvalue weighted by Crippen LogP contribution is -2.37. The summed E-state index contributed by atoms with van der Waals surface area (Å²) in [6.45, 7) is 0.739. The first kappa shape index (κ1) is 22.0. The van der Waals surface area contributed by atoms with Gasteiger partial charge in [-0.3, -0.25) is 9.97 Å². The van der Waals surface area contributed by atoms with Crippen LogP contribution in [-0.4, -0.2) is 39.5 Å². The van der Waals surface area contributed by atoms with E-state index >= 15 is 0 Å². The van der Waals surface area contributed by atoms with Gasteiger partial charge in [0.05, 0.1) is 29.9 Å². The Hall–Kier alpha value is -3.84. The van der Waals surface area contributed by atoms with E-state index in [-0.39, 0.29) is 6.04 Å². The van der Waals surface area contributed by atoms with E-state index in [4.69, 9.17) is 22.1 Å². The second-order valence-electron chi connectivity index (χ2n) is 8.11. The molecule has 6 nitrogen and oxygen atoms in total. The standard InChI is InChI=1S/C27H25N5OS/c1-33-22-10-7-20(8-11-22)24-18-26(21-9-12-23-25(17-21)29-16-15-28-23)32(31-24)27(34)30-14-13-19-5-3-2-4-6-19/h2-12,15-17,26H,13-14,18H2,1H3,(H,30,34)/t26-/m1/s1. The number of aromatic nitrogens is 2. The molecule has 34 heavy (non-hydrogen) atoms. The van der Waals surface area contributed by atoms with E-state index in [1.54, 1.807) is 19.5 Å². The molecule has 4 aromatic rings. The fourth-order valence-corrected chi connectivity index (χ4v) is 4.41. The van der Waals surface area contributed by atoms with Crippen molar-refractivity contribution in [2.24, 2.45) is 5.10 Å². The minimum absolute atomic E-state index is 0.0276. The molecule has 0 fully saturated rings. The van der Waals surface area contributed by atoms with Crippen molar-refractivity contribution in [3.05, 3.63) is 102 Å². The van der Waals surface area contributed by atoms with Gasteiger partial charge in [-0.05, 0) is 71.7 Å². The van der Waals surface area contributed by atoms with Crippen LogP contribution >= 0.6 is 12.2 Å². The Morgan fingerprint density at radius 3 is 2.53 bits per heavy atom. The van der Waals surface area contributed by atoms with Crippen molar-refractivity contribution >= 4 is 34.1 Å². The Balaban J connectivity index is 1.40. The average molecular weight is 468 g/mol. The predicted octanol–water partition coefficient (Wildman–Crippen LogP) is 4.91. The van der Waals surface area contributed by atoms with Gasteiger partial charge in [-0.15, -0.1) is 0 Å². The van der Waals surface area contributed by atoms with Crippen molar-refractivity contribution in [3.63, 3.8) is 0 Å². The van der Waals surface area contributed by atoms with Gasteiger partial charge in [-0.1, -0.05) is 36.4 Å². The summed E-state index contributed by atoms with van der Waals surface area (Å²) < 4.78 is 5.31. The maximum Gasteiger partial charge on any atom is 0.190 e. The summed E-state index contributed by atoms with van der Waals surface area (Å²) in [5.41, 5.74) is 6.15. The number of rotatable bonds is 6. The van der Waals surface area contributed by atoms with Crippen LogP contribution in [0.1, 0.15) is 29.2 Å². The molecule has 0 saturated carbocycles. The maximum atomic E-state index is 5.80.